The number of hydrogen-bond acceptors (Lipinski definition) is 3. The lowest BCUT2D eigenvalue weighted by Crippen LogP contribution is -2.02. The van der Waals surface area contributed by atoms with E-state index in [2.05, 4.69) is 5.32 Å². The lowest BCUT2D eigenvalue weighted by molar-refractivity contribution is -0.136. The average Bonchev–Trinajstić information content (AvgIpc) is 2.62. The van der Waals surface area contributed by atoms with E-state index in [1.807, 2.05) is 78.9 Å². The molecule has 0 aromatic heterocycles. The summed E-state index contributed by atoms with van der Waals surface area (Å²) >= 11 is 0. The molecule has 0 radical (unpaired) electrons. The fraction of sp³-hybridized carbons (Fsp3) is 0.0952. The van der Waals surface area contributed by atoms with E-state index in [0.717, 1.165) is 28.3 Å². The van der Waals surface area contributed by atoms with Crippen LogP contribution in [0.25, 0.3) is 0 Å². The Morgan fingerprint density at radius 1 is 0.840 bits per heavy atom. The first-order valence-electron chi connectivity index (χ1n) is 8.05. The number of carboxylic acid groups (broad SMARTS) is 1. The number of ether oxygens (including phenoxy) is 1. The van der Waals surface area contributed by atoms with E-state index >= 15 is 0 Å². The number of para-hydroxylation sites is 1. The monoisotopic (exact) mass is 333 g/mol. The molecular formula is C21H19NO3. The smallest absolute Gasteiger partial charge is 0.307 e. The molecule has 4 heteroatoms. The summed E-state index contributed by atoms with van der Waals surface area (Å²) in [6.45, 7) is 0.657. The van der Waals surface area contributed by atoms with Crippen molar-refractivity contribution in [2.24, 2.45) is 0 Å². The molecule has 4 nitrogen and oxygen atoms in total. The van der Waals surface area contributed by atoms with Gasteiger partial charge in [0.2, 0.25) is 0 Å². The molecule has 0 unspecified atom stereocenters. The highest BCUT2D eigenvalue weighted by molar-refractivity contribution is 5.70. The van der Waals surface area contributed by atoms with Gasteiger partial charge in [-0.1, -0.05) is 42.5 Å². The highest BCUT2D eigenvalue weighted by atomic mass is 16.5. The van der Waals surface area contributed by atoms with Gasteiger partial charge in [-0.15, -0.1) is 0 Å². The van der Waals surface area contributed by atoms with Crippen molar-refractivity contribution in [3.05, 3.63) is 90.0 Å². The lowest BCUT2D eigenvalue weighted by Gasteiger charge is -2.10. The van der Waals surface area contributed by atoms with E-state index in [1.54, 1.807) is 0 Å². The highest BCUT2D eigenvalue weighted by Crippen LogP contribution is 2.22. The maximum atomic E-state index is 10.7. The summed E-state index contributed by atoms with van der Waals surface area (Å²) in [5.41, 5.74) is 2.84. The van der Waals surface area contributed by atoms with Gasteiger partial charge in [0, 0.05) is 12.2 Å². The van der Waals surface area contributed by atoms with E-state index in [9.17, 15) is 4.79 Å². The van der Waals surface area contributed by atoms with Gasteiger partial charge >= 0.3 is 5.97 Å². The van der Waals surface area contributed by atoms with Gasteiger partial charge in [0.05, 0.1) is 6.42 Å². The van der Waals surface area contributed by atoms with Gasteiger partial charge in [0.1, 0.15) is 11.5 Å². The summed E-state index contributed by atoms with van der Waals surface area (Å²) in [6.07, 6.45) is 0.0408. The third-order valence-electron chi connectivity index (χ3n) is 3.68. The number of carboxylic acids is 1. The summed E-state index contributed by atoms with van der Waals surface area (Å²) in [7, 11) is 0. The van der Waals surface area contributed by atoms with E-state index in [1.165, 1.54) is 0 Å². The minimum absolute atomic E-state index is 0.0408. The zero-order chi connectivity index (χ0) is 17.5. The Labute approximate surface area is 146 Å². The van der Waals surface area contributed by atoms with E-state index in [4.69, 9.17) is 9.84 Å². The molecule has 0 bridgehead atoms. The highest BCUT2D eigenvalue weighted by Gasteiger charge is 2.02. The standard InChI is InChI=1S/C21H19NO3/c23-21(24)14-16-9-11-18(12-10-16)22-15-17-5-4-8-20(13-17)25-19-6-2-1-3-7-19/h1-13,22H,14-15H2,(H,23,24). The zero-order valence-electron chi connectivity index (χ0n) is 13.7. The molecule has 0 aliphatic carbocycles. The number of anilines is 1. The molecule has 126 valence electrons. The Kier molecular flexibility index (Phi) is 5.32. The van der Waals surface area contributed by atoms with Crippen LogP contribution in [0.15, 0.2) is 78.9 Å². The van der Waals surface area contributed by atoms with Crippen LogP contribution in [-0.4, -0.2) is 11.1 Å². The first kappa shape index (κ1) is 16.6. The fourth-order valence-electron chi connectivity index (χ4n) is 2.46. The summed E-state index contributed by atoms with van der Waals surface area (Å²) in [5, 5.41) is 12.1. The number of benzene rings is 3. The zero-order valence-corrected chi connectivity index (χ0v) is 13.7. The molecule has 0 fully saturated rings. The van der Waals surface area contributed by atoms with Crippen LogP contribution in [0.2, 0.25) is 0 Å². The van der Waals surface area contributed by atoms with Gasteiger partial charge in [-0.2, -0.15) is 0 Å². The second-order valence-corrected chi connectivity index (χ2v) is 5.68. The molecule has 2 N–H and O–H groups in total. The predicted octanol–water partition coefficient (Wildman–Crippen LogP) is 4.72. The van der Waals surface area contributed by atoms with Crippen LogP contribution in [0.4, 0.5) is 5.69 Å². The molecule has 0 aliphatic heterocycles. The molecule has 3 aromatic carbocycles. The molecule has 0 spiro atoms. The van der Waals surface area contributed by atoms with E-state index < -0.39 is 5.97 Å². The van der Waals surface area contributed by atoms with Gasteiger partial charge in [-0.25, -0.2) is 0 Å². The number of hydrogen-bond donors (Lipinski definition) is 2. The van der Waals surface area contributed by atoms with Crippen LogP contribution in [0.5, 0.6) is 11.5 Å². The summed E-state index contributed by atoms with van der Waals surface area (Å²) in [5.74, 6) is 0.778. The Morgan fingerprint density at radius 2 is 1.56 bits per heavy atom. The van der Waals surface area contributed by atoms with Gasteiger partial charge in [0.15, 0.2) is 0 Å². The van der Waals surface area contributed by atoms with E-state index in [0.29, 0.717) is 6.54 Å². The van der Waals surface area contributed by atoms with Crippen LogP contribution in [0.3, 0.4) is 0 Å². The lowest BCUT2D eigenvalue weighted by atomic mass is 10.1. The Balaban J connectivity index is 1.59. The average molecular weight is 333 g/mol. The number of rotatable bonds is 7. The molecule has 0 atom stereocenters. The normalized spacial score (nSPS) is 10.2. The second kappa shape index (κ2) is 8.02. The first-order chi connectivity index (χ1) is 12.2. The van der Waals surface area contributed by atoms with Gasteiger partial charge in [-0.05, 0) is 47.5 Å². The molecule has 0 amide bonds. The Hall–Kier alpha value is -3.27. The second-order valence-electron chi connectivity index (χ2n) is 5.68. The SMILES string of the molecule is O=C(O)Cc1ccc(NCc2cccc(Oc3ccccc3)c2)cc1. The van der Waals surface area contributed by atoms with Crippen molar-refractivity contribution in [1.29, 1.82) is 0 Å². The van der Waals surface area contributed by atoms with Crippen LogP contribution >= 0.6 is 0 Å². The quantitative estimate of drug-likeness (QED) is 0.657. The number of nitrogens with one attached hydrogen (secondary N) is 1. The van der Waals surface area contributed by atoms with Gasteiger partial charge < -0.3 is 15.2 Å². The first-order valence-corrected chi connectivity index (χ1v) is 8.05. The number of aliphatic carboxylic acids is 1. The number of carbonyl (C=O) groups is 1. The minimum Gasteiger partial charge on any atom is -0.481 e. The van der Waals surface area contributed by atoms with Crippen molar-refractivity contribution in [3.8, 4) is 11.5 Å². The Morgan fingerprint density at radius 3 is 2.28 bits per heavy atom. The predicted molar refractivity (Wildman–Crippen MR) is 98.1 cm³/mol. The largest absolute Gasteiger partial charge is 0.481 e. The van der Waals surface area contributed by atoms with Crippen LogP contribution in [0.1, 0.15) is 11.1 Å². The van der Waals surface area contributed by atoms with Crippen molar-refractivity contribution < 1.29 is 14.6 Å². The molecule has 0 heterocycles. The molecule has 0 saturated carbocycles. The molecular weight excluding hydrogens is 314 g/mol. The molecule has 0 aliphatic rings. The van der Waals surface area contributed by atoms with Crippen molar-refractivity contribution >= 4 is 11.7 Å². The topological polar surface area (TPSA) is 58.6 Å². The molecule has 0 saturated heterocycles. The Bertz CT molecular complexity index is 829. The summed E-state index contributed by atoms with van der Waals surface area (Å²) in [6, 6.07) is 25.0. The maximum Gasteiger partial charge on any atom is 0.307 e. The van der Waals surface area contributed by atoms with Crippen LogP contribution in [0, 0.1) is 0 Å². The van der Waals surface area contributed by atoms with Crippen molar-refractivity contribution in [2.45, 2.75) is 13.0 Å². The van der Waals surface area contributed by atoms with Crippen LogP contribution in [-0.2, 0) is 17.8 Å². The van der Waals surface area contributed by atoms with Crippen LogP contribution < -0.4 is 10.1 Å². The minimum atomic E-state index is -0.823. The van der Waals surface area contributed by atoms with E-state index in [-0.39, 0.29) is 6.42 Å². The third-order valence-corrected chi connectivity index (χ3v) is 3.68. The maximum absolute atomic E-state index is 10.7. The van der Waals surface area contributed by atoms with Crippen molar-refractivity contribution in [1.82, 2.24) is 0 Å². The van der Waals surface area contributed by atoms with Crippen molar-refractivity contribution in [2.75, 3.05) is 5.32 Å². The molecule has 3 aromatic rings. The third kappa shape index (κ3) is 5.11. The summed E-state index contributed by atoms with van der Waals surface area (Å²) < 4.78 is 5.84. The van der Waals surface area contributed by atoms with Gasteiger partial charge in [-0.3, -0.25) is 4.79 Å². The molecule has 3 rings (SSSR count). The van der Waals surface area contributed by atoms with Crippen molar-refractivity contribution in [3.63, 3.8) is 0 Å². The molecule has 25 heavy (non-hydrogen) atoms. The fourth-order valence-corrected chi connectivity index (χ4v) is 2.46. The van der Waals surface area contributed by atoms with Gasteiger partial charge in [0.25, 0.3) is 0 Å². The summed E-state index contributed by atoms with van der Waals surface area (Å²) in [4.78, 5) is 10.7.